The van der Waals surface area contributed by atoms with Crippen molar-refractivity contribution in [1.29, 1.82) is 0 Å². The van der Waals surface area contributed by atoms with Crippen molar-refractivity contribution in [2.45, 2.75) is 77.6 Å². The summed E-state index contributed by atoms with van der Waals surface area (Å²) in [7, 11) is 0. The van der Waals surface area contributed by atoms with Crippen molar-refractivity contribution in [1.82, 2.24) is 10.3 Å². The average Bonchev–Trinajstić information content (AvgIpc) is 3.35. The lowest BCUT2D eigenvalue weighted by Crippen LogP contribution is -2.13. The Balaban J connectivity index is 1.60. The van der Waals surface area contributed by atoms with Gasteiger partial charge in [-0.2, -0.15) is 0 Å². The van der Waals surface area contributed by atoms with Crippen molar-refractivity contribution in [3.05, 3.63) is 56.9 Å². The van der Waals surface area contributed by atoms with E-state index in [0.29, 0.717) is 32.8 Å². The minimum absolute atomic E-state index is 0.0397. The van der Waals surface area contributed by atoms with E-state index >= 15 is 0 Å². The molecule has 1 aliphatic carbocycles. The normalized spacial score (nSPS) is 14.7. The summed E-state index contributed by atoms with van der Waals surface area (Å²) in [5.74, 6) is 0.175. The Morgan fingerprint density at radius 1 is 1.14 bits per heavy atom. The summed E-state index contributed by atoms with van der Waals surface area (Å²) in [5, 5.41) is 18.8. The molecule has 0 saturated heterocycles. The summed E-state index contributed by atoms with van der Waals surface area (Å²) in [6, 6.07) is 6.91. The van der Waals surface area contributed by atoms with Crippen molar-refractivity contribution in [3.8, 4) is 11.5 Å². The van der Waals surface area contributed by atoms with Crippen molar-refractivity contribution >= 4 is 35.0 Å². The van der Waals surface area contributed by atoms with Gasteiger partial charge in [0.05, 0.1) is 5.69 Å². The zero-order valence-corrected chi connectivity index (χ0v) is 22.2. The monoisotopic (exact) mass is 532 g/mol. The maximum absolute atomic E-state index is 13.1. The van der Waals surface area contributed by atoms with Gasteiger partial charge < -0.3 is 14.2 Å². The number of halogens is 2. The van der Waals surface area contributed by atoms with Crippen LogP contribution < -0.4 is 0 Å². The number of carboxylic acid groups (broad SMARTS) is 1. The van der Waals surface area contributed by atoms with Gasteiger partial charge in [0.1, 0.15) is 11.5 Å². The van der Waals surface area contributed by atoms with Gasteiger partial charge >= 0.3 is 5.97 Å². The molecule has 1 aromatic carbocycles. The number of ketones is 1. The fourth-order valence-electron chi connectivity index (χ4n) is 4.44. The molecule has 1 N–H and O–H groups in total. The SMILES string of the molecule is CC(C)(C)Cc1cc(-c2onc(C(CCC(=O)O)CC(=O)Cc3ccc(Cl)cc3Cl)c2C2CC2)no1. The second kappa shape index (κ2) is 10.8. The number of rotatable bonds is 11. The van der Waals surface area contributed by atoms with Gasteiger partial charge in [0, 0.05) is 53.3 Å². The maximum atomic E-state index is 13.1. The first-order chi connectivity index (χ1) is 17.0. The highest BCUT2D eigenvalue weighted by atomic mass is 35.5. The molecule has 1 unspecified atom stereocenters. The molecular formula is C27H30Cl2N2O5. The number of hydrogen-bond donors (Lipinski definition) is 1. The van der Waals surface area contributed by atoms with Crippen LogP contribution in [0.2, 0.25) is 10.0 Å². The number of carbonyl (C=O) groups is 2. The predicted octanol–water partition coefficient (Wildman–Crippen LogP) is 7.25. The molecule has 0 spiro atoms. The number of aliphatic carboxylic acids is 1. The highest BCUT2D eigenvalue weighted by Crippen LogP contribution is 2.48. The lowest BCUT2D eigenvalue weighted by atomic mass is 9.87. The minimum Gasteiger partial charge on any atom is -0.481 e. The van der Waals surface area contributed by atoms with Gasteiger partial charge in [-0.1, -0.05) is 60.4 Å². The van der Waals surface area contributed by atoms with E-state index in [1.165, 1.54) is 0 Å². The molecule has 1 aliphatic rings. The Morgan fingerprint density at radius 3 is 2.53 bits per heavy atom. The van der Waals surface area contributed by atoms with Crippen LogP contribution in [0.15, 0.2) is 33.3 Å². The fourth-order valence-corrected chi connectivity index (χ4v) is 4.91. The van der Waals surface area contributed by atoms with Gasteiger partial charge in [0.2, 0.25) is 0 Å². The second-order valence-electron chi connectivity index (χ2n) is 10.8. The van der Waals surface area contributed by atoms with Crippen molar-refractivity contribution in [2.75, 3.05) is 0 Å². The van der Waals surface area contributed by atoms with E-state index < -0.39 is 11.9 Å². The van der Waals surface area contributed by atoms with Crippen LogP contribution in [-0.4, -0.2) is 27.2 Å². The van der Waals surface area contributed by atoms with E-state index in [-0.39, 0.29) is 42.8 Å². The predicted molar refractivity (Wildman–Crippen MR) is 137 cm³/mol. The Labute approximate surface area is 220 Å². The molecule has 9 heteroatoms. The van der Waals surface area contributed by atoms with E-state index in [0.717, 1.165) is 30.6 Å². The van der Waals surface area contributed by atoms with Gasteiger partial charge in [-0.25, -0.2) is 0 Å². The third-order valence-electron chi connectivity index (χ3n) is 6.21. The quantitative estimate of drug-likeness (QED) is 0.277. The van der Waals surface area contributed by atoms with Crippen molar-refractivity contribution < 1.29 is 23.7 Å². The molecule has 3 aromatic rings. The van der Waals surface area contributed by atoms with E-state index in [9.17, 15) is 14.7 Å². The first-order valence-corrected chi connectivity index (χ1v) is 12.9. The molecule has 1 saturated carbocycles. The lowest BCUT2D eigenvalue weighted by Gasteiger charge is -2.15. The summed E-state index contributed by atoms with van der Waals surface area (Å²) in [6.07, 6.45) is 3.14. The number of nitrogens with zero attached hydrogens (tertiary/aromatic N) is 2. The molecule has 4 rings (SSSR count). The van der Waals surface area contributed by atoms with Crippen LogP contribution in [0, 0.1) is 5.41 Å². The van der Waals surface area contributed by atoms with E-state index in [1.807, 2.05) is 6.07 Å². The summed E-state index contributed by atoms with van der Waals surface area (Å²) in [5.41, 5.74) is 2.85. The Kier molecular flexibility index (Phi) is 7.90. The summed E-state index contributed by atoms with van der Waals surface area (Å²) in [6.45, 7) is 6.37. The van der Waals surface area contributed by atoms with Crippen LogP contribution in [0.1, 0.15) is 87.3 Å². The molecule has 7 nitrogen and oxygen atoms in total. The van der Waals surface area contributed by atoms with Crippen molar-refractivity contribution in [3.63, 3.8) is 0 Å². The number of carboxylic acids is 1. The fraction of sp³-hybridized carbons (Fsp3) is 0.481. The molecule has 2 heterocycles. The Morgan fingerprint density at radius 2 is 1.89 bits per heavy atom. The first kappa shape index (κ1) is 26.4. The zero-order valence-electron chi connectivity index (χ0n) is 20.6. The number of benzene rings is 1. The number of carbonyl (C=O) groups excluding carboxylic acids is 1. The molecule has 0 aliphatic heterocycles. The third-order valence-corrected chi connectivity index (χ3v) is 6.79. The van der Waals surface area contributed by atoms with E-state index in [4.69, 9.17) is 32.2 Å². The van der Waals surface area contributed by atoms with Crippen molar-refractivity contribution in [2.24, 2.45) is 5.41 Å². The number of Topliss-reactive ketones (excluding diaryl/α,β-unsaturated/α-hetero) is 1. The summed E-state index contributed by atoms with van der Waals surface area (Å²) in [4.78, 5) is 24.4. The van der Waals surface area contributed by atoms with Crippen LogP contribution in [-0.2, 0) is 22.4 Å². The average molecular weight is 533 g/mol. The van der Waals surface area contributed by atoms with Crippen LogP contribution in [0.4, 0.5) is 0 Å². The largest absolute Gasteiger partial charge is 0.481 e. The highest BCUT2D eigenvalue weighted by molar-refractivity contribution is 6.35. The van der Waals surface area contributed by atoms with Crippen LogP contribution in [0.3, 0.4) is 0 Å². The lowest BCUT2D eigenvalue weighted by molar-refractivity contribution is -0.137. The van der Waals surface area contributed by atoms with Gasteiger partial charge in [-0.05, 0) is 48.3 Å². The van der Waals surface area contributed by atoms with Gasteiger partial charge in [0.15, 0.2) is 11.5 Å². The smallest absolute Gasteiger partial charge is 0.303 e. The Hall–Kier alpha value is -2.64. The molecule has 2 aromatic heterocycles. The molecule has 1 atom stereocenters. The second-order valence-corrected chi connectivity index (χ2v) is 11.6. The topological polar surface area (TPSA) is 106 Å². The van der Waals surface area contributed by atoms with Gasteiger partial charge in [-0.3, -0.25) is 9.59 Å². The van der Waals surface area contributed by atoms with E-state index in [2.05, 4.69) is 31.1 Å². The third kappa shape index (κ3) is 6.77. The van der Waals surface area contributed by atoms with Crippen LogP contribution in [0.25, 0.3) is 11.5 Å². The summed E-state index contributed by atoms with van der Waals surface area (Å²) < 4.78 is 11.3. The molecule has 0 radical (unpaired) electrons. The van der Waals surface area contributed by atoms with Gasteiger partial charge in [-0.15, -0.1) is 0 Å². The molecule has 1 fully saturated rings. The van der Waals surface area contributed by atoms with Gasteiger partial charge in [0.25, 0.3) is 0 Å². The minimum atomic E-state index is -0.923. The molecular weight excluding hydrogens is 503 g/mol. The maximum Gasteiger partial charge on any atom is 0.303 e. The first-order valence-electron chi connectivity index (χ1n) is 12.1. The summed E-state index contributed by atoms with van der Waals surface area (Å²) >= 11 is 12.2. The number of aromatic nitrogens is 2. The zero-order chi connectivity index (χ0) is 26.0. The standard InChI is InChI=1S/C27H30Cl2N2O5/c1-27(2,3)14-20-13-22(30-35-20)26-24(15-4-5-15)25(31-36-26)17(7-9-23(33)34)11-19(32)10-16-6-8-18(28)12-21(16)29/h6,8,12-13,15,17H,4-5,7,9-11,14H2,1-3H3,(H,33,34). The molecule has 0 amide bonds. The van der Waals surface area contributed by atoms with Crippen LogP contribution >= 0.6 is 23.2 Å². The van der Waals surface area contributed by atoms with E-state index in [1.54, 1.807) is 18.2 Å². The molecule has 36 heavy (non-hydrogen) atoms. The Bertz CT molecular complexity index is 1250. The number of hydrogen-bond acceptors (Lipinski definition) is 6. The van der Waals surface area contributed by atoms with Crippen LogP contribution in [0.5, 0.6) is 0 Å². The molecule has 192 valence electrons. The highest BCUT2D eigenvalue weighted by Gasteiger charge is 2.37. The molecule has 0 bridgehead atoms.